The quantitative estimate of drug-likeness (QED) is 0.105. The van der Waals surface area contributed by atoms with Gasteiger partial charge in [0.05, 0.1) is 24.0 Å². The Labute approximate surface area is 237 Å². The topological polar surface area (TPSA) is 79.4 Å². The summed E-state index contributed by atoms with van der Waals surface area (Å²) in [5.74, 6) is 0.398. The van der Waals surface area contributed by atoms with Gasteiger partial charge in [0.2, 0.25) is 6.41 Å². The summed E-state index contributed by atoms with van der Waals surface area (Å²) in [5.41, 5.74) is 3.66. The van der Waals surface area contributed by atoms with E-state index >= 15 is 0 Å². The number of carbonyl (C=O) groups excluding carboxylic acids is 3. The van der Waals surface area contributed by atoms with Crippen LogP contribution in [-0.4, -0.2) is 57.3 Å². The van der Waals surface area contributed by atoms with Crippen molar-refractivity contribution in [2.45, 2.75) is 31.5 Å². The van der Waals surface area contributed by atoms with Crippen LogP contribution in [0.15, 0.2) is 48.5 Å². The Balaban J connectivity index is 1.53. The van der Waals surface area contributed by atoms with Gasteiger partial charge in [0.15, 0.2) is 23.4 Å². The molecule has 2 aliphatic heterocycles. The normalized spacial score (nSPS) is 21.8. The van der Waals surface area contributed by atoms with Crippen molar-refractivity contribution in [1.82, 2.24) is 0 Å². The minimum absolute atomic E-state index is 0.0112. The van der Waals surface area contributed by atoms with Crippen LogP contribution in [0.1, 0.15) is 24.8 Å². The van der Waals surface area contributed by atoms with Gasteiger partial charge in [0.1, 0.15) is 23.0 Å². The molecule has 3 atom stereocenters. The van der Waals surface area contributed by atoms with Crippen LogP contribution in [0.3, 0.4) is 0 Å². The van der Waals surface area contributed by atoms with Crippen LogP contribution in [0, 0.1) is 5.92 Å². The van der Waals surface area contributed by atoms with E-state index in [-0.39, 0.29) is 11.0 Å². The fraction of sp³-hybridized carbons (Fsp3) is 0.423. The summed E-state index contributed by atoms with van der Waals surface area (Å²) in [6.07, 6.45) is 3.17. The highest BCUT2D eigenvalue weighted by molar-refractivity contribution is 14.1. The maximum atomic E-state index is 13.6. The first-order valence-corrected chi connectivity index (χ1v) is 15.2. The zero-order valence-electron chi connectivity index (χ0n) is 20.9. The first kappa shape index (κ1) is 28.3. The minimum atomic E-state index is -1.42. The molecule has 0 aromatic heterocycles. The molecule has 0 saturated carbocycles. The summed E-state index contributed by atoms with van der Waals surface area (Å²) in [7, 11) is 2.19. The predicted molar refractivity (Wildman–Crippen MR) is 158 cm³/mol. The minimum Gasteiger partial charge on any atom is -0.371 e. The number of anilines is 3. The lowest BCUT2D eigenvalue weighted by molar-refractivity contribution is -0.117. The summed E-state index contributed by atoms with van der Waals surface area (Å²) in [4.78, 5) is 43.9. The van der Waals surface area contributed by atoms with E-state index in [2.05, 4.69) is 4.90 Å². The Bertz CT molecular complexity index is 1110. The molecule has 0 aliphatic carbocycles. The molecular weight excluding hydrogens is 624 g/mol. The average Bonchev–Trinajstić information content (AvgIpc) is 3.39. The highest BCUT2D eigenvalue weighted by atomic mass is 127. The second-order valence-corrected chi connectivity index (χ2v) is 13.1. The number of halogens is 1. The standard InChI is InChI=1S/C26H31IN3O5PS/c1-28(18-31)24-14-21(30-13-12-20(15-30)16-34-37-35-27)8-9-22(24)29(2)23-10-11-25(32)36(26(23)33)17-19-6-4-3-5-7-19/h3-9,14,18,20,23H,10-13,15-17H2,1-2H3. The van der Waals surface area contributed by atoms with Gasteiger partial charge in [0, 0.05) is 59.3 Å². The Kier molecular flexibility index (Phi) is 10.2. The summed E-state index contributed by atoms with van der Waals surface area (Å²) < 4.78 is 10.3. The van der Waals surface area contributed by atoms with Crippen LogP contribution >= 0.6 is 43.3 Å². The third-order valence-corrected chi connectivity index (χ3v) is 10.1. The number of nitrogens with zero attached hydrogens (tertiary/aromatic N) is 3. The van der Waals surface area contributed by atoms with Crippen molar-refractivity contribution in [3.63, 3.8) is 0 Å². The van der Waals surface area contributed by atoms with Crippen LogP contribution < -0.4 is 14.7 Å². The molecule has 0 N–H and O–H groups in total. The molecule has 2 heterocycles. The predicted octanol–water partition coefficient (Wildman–Crippen LogP) is 5.39. The van der Waals surface area contributed by atoms with E-state index < -0.39 is 14.0 Å². The molecular formula is C26H31IN3O5PS. The molecule has 37 heavy (non-hydrogen) atoms. The summed E-state index contributed by atoms with van der Waals surface area (Å²) in [6, 6.07) is 15.4. The second kappa shape index (κ2) is 13.4. The number of carbonyl (C=O) groups is 3. The lowest BCUT2D eigenvalue weighted by atomic mass is 10.1. The number of amides is 1. The van der Waals surface area contributed by atoms with Gasteiger partial charge in [-0.3, -0.25) is 18.6 Å². The molecule has 3 unspecified atom stereocenters. The SMILES string of the molecule is CN(C=O)c1cc(N2CCC(COSOI)C2)ccc1N(C)C1CCC(=O)P(Cc2ccccc2)C1=O. The van der Waals surface area contributed by atoms with Gasteiger partial charge in [-0.1, -0.05) is 30.3 Å². The number of rotatable bonds is 11. The summed E-state index contributed by atoms with van der Waals surface area (Å²) >= 11 is 2.78. The van der Waals surface area contributed by atoms with Gasteiger partial charge in [-0.2, -0.15) is 0 Å². The van der Waals surface area contributed by atoms with Crippen LogP contribution in [-0.2, 0) is 27.2 Å². The van der Waals surface area contributed by atoms with E-state index in [1.165, 1.54) is 0 Å². The van der Waals surface area contributed by atoms with Crippen LogP contribution in [0.2, 0.25) is 0 Å². The molecule has 0 radical (unpaired) electrons. The molecule has 11 heteroatoms. The zero-order valence-corrected chi connectivity index (χ0v) is 24.8. The number of likely N-dealkylation sites (N-methyl/N-ethyl adjacent to an activating group) is 1. The van der Waals surface area contributed by atoms with Crippen molar-refractivity contribution in [3.05, 3.63) is 54.1 Å². The summed E-state index contributed by atoms with van der Waals surface area (Å²) in [6.45, 7) is 2.37. The van der Waals surface area contributed by atoms with Crippen LogP contribution in [0.25, 0.3) is 0 Å². The molecule has 2 aromatic rings. The maximum absolute atomic E-state index is 13.6. The second-order valence-electron chi connectivity index (χ2n) is 9.37. The molecule has 1 amide bonds. The smallest absolute Gasteiger partial charge is 0.213 e. The van der Waals surface area contributed by atoms with E-state index in [0.717, 1.165) is 60.9 Å². The molecule has 2 saturated heterocycles. The van der Waals surface area contributed by atoms with E-state index in [4.69, 9.17) is 6.70 Å². The Morgan fingerprint density at radius 2 is 1.92 bits per heavy atom. The zero-order chi connectivity index (χ0) is 26.4. The van der Waals surface area contributed by atoms with Crippen molar-refractivity contribution < 1.29 is 21.1 Å². The Hall–Kier alpha value is -1.72. The lowest BCUT2D eigenvalue weighted by Gasteiger charge is -2.36. The third-order valence-electron chi connectivity index (χ3n) is 7.04. The molecule has 2 aliphatic rings. The van der Waals surface area contributed by atoms with E-state index in [0.29, 0.717) is 31.5 Å². The van der Waals surface area contributed by atoms with Crippen molar-refractivity contribution >= 4 is 77.8 Å². The summed E-state index contributed by atoms with van der Waals surface area (Å²) in [5, 5.41) is 0. The molecule has 0 bridgehead atoms. The fourth-order valence-corrected chi connectivity index (χ4v) is 7.78. The number of hydrogen-bond acceptors (Lipinski definition) is 8. The molecule has 4 rings (SSSR count). The molecule has 8 nitrogen and oxygen atoms in total. The lowest BCUT2D eigenvalue weighted by Crippen LogP contribution is -2.42. The van der Waals surface area contributed by atoms with Gasteiger partial charge in [0.25, 0.3) is 0 Å². The highest BCUT2D eigenvalue weighted by Crippen LogP contribution is 2.49. The van der Waals surface area contributed by atoms with Gasteiger partial charge in [-0.05, 0) is 36.6 Å². The first-order chi connectivity index (χ1) is 17.9. The van der Waals surface area contributed by atoms with E-state index in [1.54, 1.807) is 35.0 Å². The largest absolute Gasteiger partial charge is 0.371 e. The fourth-order valence-electron chi connectivity index (χ4n) is 4.97. The number of benzene rings is 2. The van der Waals surface area contributed by atoms with Crippen LogP contribution in [0.5, 0.6) is 0 Å². The number of hydrogen-bond donors (Lipinski definition) is 0. The third kappa shape index (κ3) is 6.84. The first-order valence-electron chi connectivity index (χ1n) is 12.2. The Morgan fingerprint density at radius 1 is 1.14 bits per heavy atom. The maximum Gasteiger partial charge on any atom is 0.213 e. The van der Waals surface area contributed by atoms with Crippen LogP contribution in [0.4, 0.5) is 17.1 Å². The van der Waals surface area contributed by atoms with Gasteiger partial charge in [-0.15, -0.1) is 0 Å². The monoisotopic (exact) mass is 655 g/mol. The van der Waals surface area contributed by atoms with Gasteiger partial charge < -0.3 is 14.7 Å². The molecule has 2 aromatic carbocycles. The van der Waals surface area contributed by atoms with Crippen molar-refractivity contribution in [2.24, 2.45) is 5.92 Å². The molecule has 0 spiro atoms. The molecule has 198 valence electrons. The average molecular weight is 655 g/mol. The highest BCUT2D eigenvalue weighted by Gasteiger charge is 2.39. The van der Waals surface area contributed by atoms with Crippen molar-refractivity contribution in [1.29, 1.82) is 0 Å². The van der Waals surface area contributed by atoms with Gasteiger partial charge in [-0.25, -0.2) is 2.51 Å². The Morgan fingerprint density at radius 3 is 2.65 bits per heavy atom. The van der Waals surface area contributed by atoms with E-state index in [1.807, 2.05) is 60.5 Å². The van der Waals surface area contributed by atoms with Gasteiger partial charge >= 0.3 is 0 Å². The van der Waals surface area contributed by atoms with E-state index in [9.17, 15) is 14.4 Å². The van der Waals surface area contributed by atoms with Crippen molar-refractivity contribution in [2.75, 3.05) is 48.5 Å². The molecule has 2 fully saturated rings. The van der Waals surface area contributed by atoms with Crippen molar-refractivity contribution in [3.8, 4) is 0 Å².